The number of methoxy groups -OCH3 is 1. The zero-order valence-electron chi connectivity index (χ0n) is 11.6. The highest BCUT2D eigenvalue weighted by molar-refractivity contribution is 5.50. The van der Waals surface area contributed by atoms with E-state index in [4.69, 9.17) is 4.74 Å². The number of nitrogens with one attached hydrogen (secondary N) is 1. The molecular formula is C12H18N6O. The van der Waals surface area contributed by atoms with Gasteiger partial charge in [0.25, 0.3) is 0 Å². The van der Waals surface area contributed by atoms with Gasteiger partial charge in [0, 0.05) is 0 Å². The standard InChI is InChI=1S/C12H18N6O/c1-12(2,3)18-7-9(16-17-18)5-14-10-6-13-8-15-11(10)19-4/h6-8,14H,5H2,1-4H3. The maximum absolute atomic E-state index is 5.14. The maximum Gasteiger partial charge on any atom is 0.240 e. The summed E-state index contributed by atoms with van der Waals surface area (Å²) in [6, 6.07) is 0. The summed E-state index contributed by atoms with van der Waals surface area (Å²) < 4.78 is 6.97. The van der Waals surface area contributed by atoms with E-state index in [1.807, 2.05) is 10.9 Å². The van der Waals surface area contributed by atoms with Crippen LogP contribution in [0.15, 0.2) is 18.7 Å². The van der Waals surface area contributed by atoms with Gasteiger partial charge in [-0.05, 0) is 20.8 Å². The molecule has 0 unspecified atom stereocenters. The Morgan fingerprint density at radius 1 is 1.37 bits per heavy atom. The molecule has 7 heteroatoms. The van der Waals surface area contributed by atoms with Gasteiger partial charge >= 0.3 is 0 Å². The molecule has 0 atom stereocenters. The molecule has 0 saturated carbocycles. The number of nitrogens with zero attached hydrogens (tertiary/aromatic N) is 5. The molecule has 0 aliphatic carbocycles. The van der Waals surface area contributed by atoms with E-state index in [0.717, 1.165) is 11.4 Å². The van der Waals surface area contributed by atoms with Gasteiger partial charge in [-0.1, -0.05) is 5.21 Å². The van der Waals surface area contributed by atoms with Gasteiger partial charge in [-0.2, -0.15) is 0 Å². The van der Waals surface area contributed by atoms with Crippen LogP contribution in [0.1, 0.15) is 26.5 Å². The molecule has 2 heterocycles. The van der Waals surface area contributed by atoms with E-state index in [-0.39, 0.29) is 5.54 Å². The van der Waals surface area contributed by atoms with Crippen molar-refractivity contribution in [2.75, 3.05) is 12.4 Å². The van der Waals surface area contributed by atoms with Gasteiger partial charge < -0.3 is 10.1 Å². The third kappa shape index (κ3) is 3.18. The number of ether oxygens (including phenoxy) is 1. The molecule has 0 bridgehead atoms. The van der Waals surface area contributed by atoms with Crippen molar-refractivity contribution in [2.24, 2.45) is 0 Å². The Bertz CT molecular complexity index is 545. The number of rotatable bonds is 4. The average Bonchev–Trinajstić information content (AvgIpc) is 2.85. The second-order valence-corrected chi connectivity index (χ2v) is 5.12. The lowest BCUT2D eigenvalue weighted by atomic mass is 10.1. The molecule has 2 aromatic rings. The van der Waals surface area contributed by atoms with E-state index in [1.165, 1.54) is 6.33 Å². The van der Waals surface area contributed by atoms with Gasteiger partial charge in [-0.25, -0.2) is 14.6 Å². The number of hydrogen-bond donors (Lipinski definition) is 1. The molecule has 2 aromatic heterocycles. The van der Waals surface area contributed by atoms with Crippen molar-refractivity contribution in [1.82, 2.24) is 25.0 Å². The van der Waals surface area contributed by atoms with E-state index in [1.54, 1.807) is 13.3 Å². The third-order valence-electron chi connectivity index (χ3n) is 2.56. The molecule has 0 saturated heterocycles. The zero-order chi connectivity index (χ0) is 13.9. The first-order valence-corrected chi connectivity index (χ1v) is 6.00. The van der Waals surface area contributed by atoms with Crippen LogP contribution in [0.3, 0.4) is 0 Å². The topological polar surface area (TPSA) is 77.8 Å². The minimum absolute atomic E-state index is 0.0706. The van der Waals surface area contributed by atoms with Crippen molar-refractivity contribution < 1.29 is 4.74 Å². The predicted octanol–water partition coefficient (Wildman–Crippen LogP) is 1.44. The second-order valence-electron chi connectivity index (χ2n) is 5.12. The fourth-order valence-electron chi connectivity index (χ4n) is 1.50. The van der Waals surface area contributed by atoms with Crippen LogP contribution < -0.4 is 10.1 Å². The zero-order valence-corrected chi connectivity index (χ0v) is 11.6. The summed E-state index contributed by atoms with van der Waals surface area (Å²) in [5.41, 5.74) is 1.51. The van der Waals surface area contributed by atoms with E-state index in [0.29, 0.717) is 12.4 Å². The van der Waals surface area contributed by atoms with Crippen molar-refractivity contribution in [2.45, 2.75) is 32.9 Å². The average molecular weight is 262 g/mol. The van der Waals surface area contributed by atoms with Crippen molar-refractivity contribution in [1.29, 1.82) is 0 Å². The van der Waals surface area contributed by atoms with Crippen LogP contribution in [-0.2, 0) is 12.1 Å². The van der Waals surface area contributed by atoms with Crippen LogP contribution in [0.25, 0.3) is 0 Å². The Kier molecular flexibility index (Phi) is 3.64. The highest BCUT2D eigenvalue weighted by atomic mass is 16.5. The van der Waals surface area contributed by atoms with Gasteiger partial charge in [0.2, 0.25) is 5.88 Å². The molecule has 0 aromatic carbocycles. The van der Waals surface area contributed by atoms with E-state index < -0.39 is 0 Å². The SMILES string of the molecule is COc1ncncc1NCc1cn(C(C)(C)C)nn1. The quantitative estimate of drug-likeness (QED) is 0.898. The largest absolute Gasteiger partial charge is 0.479 e. The summed E-state index contributed by atoms with van der Waals surface area (Å²) in [7, 11) is 1.57. The van der Waals surface area contributed by atoms with Crippen LogP contribution in [0, 0.1) is 0 Å². The van der Waals surface area contributed by atoms with Crippen molar-refractivity contribution >= 4 is 5.69 Å². The molecule has 7 nitrogen and oxygen atoms in total. The minimum atomic E-state index is -0.0706. The fourth-order valence-corrected chi connectivity index (χ4v) is 1.50. The second kappa shape index (κ2) is 5.21. The molecule has 0 amide bonds. The highest BCUT2D eigenvalue weighted by Gasteiger charge is 2.15. The molecule has 0 radical (unpaired) electrons. The Hall–Kier alpha value is -2.18. The predicted molar refractivity (Wildman–Crippen MR) is 70.9 cm³/mol. The number of hydrogen-bond acceptors (Lipinski definition) is 6. The van der Waals surface area contributed by atoms with Gasteiger partial charge in [0.05, 0.1) is 31.6 Å². The molecule has 1 N–H and O–H groups in total. The Morgan fingerprint density at radius 2 is 2.16 bits per heavy atom. The van der Waals surface area contributed by atoms with Crippen molar-refractivity contribution in [3.05, 3.63) is 24.4 Å². The summed E-state index contributed by atoms with van der Waals surface area (Å²) in [6.07, 6.45) is 5.03. The van der Waals surface area contributed by atoms with Crippen LogP contribution >= 0.6 is 0 Å². The van der Waals surface area contributed by atoms with Gasteiger partial charge in [0.15, 0.2) is 0 Å². The number of anilines is 1. The van der Waals surface area contributed by atoms with Crippen LogP contribution in [0.5, 0.6) is 5.88 Å². The molecule has 19 heavy (non-hydrogen) atoms. The van der Waals surface area contributed by atoms with E-state index >= 15 is 0 Å². The fraction of sp³-hybridized carbons (Fsp3) is 0.500. The Morgan fingerprint density at radius 3 is 2.79 bits per heavy atom. The minimum Gasteiger partial charge on any atom is -0.479 e. The highest BCUT2D eigenvalue weighted by Crippen LogP contribution is 2.19. The normalized spacial score (nSPS) is 11.4. The van der Waals surface area contributed by atoms with Gasteiger partial charge in [0.1, 0.15) is 17.7 Å². The first-order valence-electron chi connectivity index (χ1n) is 6.00. The summed E-state index contributed by atoms with van der Waals surface area (Å²) >= 11 is 0. The molecular weight excluding hydrogens is 244 g/mol. The first-order chi connectivity index (χ1) is 9.00. The van der Waals surface area contributed by atoms with Gasteiger partial charge in [-0.3, -0.25) is 0 Å². The van der Waals surface area contributed by atoms with Crippen LogP contribution in [-0.4, -0.2) is 32.1 Å². The van der Waals surface area contributed by atoms with E-state index in [2.05, 4.69) is 46.4 Å². The molecule has 102 valence electrons. The summed E-state index contributed by atoms with van der Waals surface area (Å²) in [6.45, 7) is 6.77. The maximum atomic E-state index is 5.14. The lowest BCUT2D eigenvalue weighted by molar-refractivity contribution is 0.347. The van der Waals surface area contributed by atoms with Crippen molar-refractivity contribution in [3.8, 4) is 5.88 Å². The summed E-state index contributed by atoms with van der Waals surface area (Å²) in [4.78, 5) is 7.97. The van der Waals surface area contributed by atoms with Crippen LogP contribution in [0.2, 0.25) is 0 Å². The third-order valence-corrected chi connectivity index (χ3v) is 2.56. The lowest BCUT2D eigenvalue weighted by Crippen LogP contribution is -2.22. The van der Waals surface area contributed by atoms with E-state index in [9.17, 15) is 0 Å². The van der Waals surface area contributed by atoms with Gasteiger partial charge in [-0.15, -0.1) is 5.10 Å². The first kappa shape index (κ1) is 13.3. The molecule has 0 aliphatic heterocycles. The molecule has 2 rings (SSSR count). The Balaban J connectivity index is 2.05. The van der Waals surface area contributed by atoms with Crippen LogP contribution in [0.4, 0.5) is 5.69 Å². The molecule has 0 aliphatic rings. The van der Waals surface area contributed by atoms with Crippen molar-refractivity contribution in [3.63, 3.8) is 0 Å². The monoisotopic (exact) mass is 262 g/mol. The lowest BCUT2D eigenvalue weighted by Gasteiger charge is -2.17. The smallest absolute Gasteiger partial charge is 0.240 e. The summed E-state index contributed by atoms with van der Waals surface area (Å²) in [5, 5.41) is 11.4. The summed E-state index contributed by atoms with van der Waals surface area (Å²) in [5.74, 6) is 0.512. The Labute approximate surface area is 112 Å². The number of aromatic nitrogens is 5. The molecule has 0 spiro atoms. The molecule has 0 fully saturated rings.